The lowest BCUT2D eigenvalue weighted by molar-refractivity contribution is 0.0300. The number of ether oxygens (including phenoxy) is 1. The third kappa shape index (κ3) is 2.61. The molecule has 2 unspecified atom stereocenters. The van der Waals surface area contributed by atoms with E-state index in [1.165, 1.54) is 11.1 Å². The van der Waals surface area contributed by atoms with E-state index >= 15 is 0 Å². The first-order valence-electron chi connectivity index (χ1n) is 7.69. The Kier molecular flexibility index (Phi) is 4.08. The molecule has 1 aliphatic heterocycles. The zero-order chi connectivity index (χ0) is 14.8. The third-order valence-electron chi connectivity index (χ3n) is 4.27. The van der Waals surface area contributed by atoms with Crippen molar-refractivity contribution in [3.63, 3.8) is 0 Å². The van der Waals surface area contributed by atoms with Crippen LogP contribution in [0.2, 0.25) is 0 Å². The highest BCUT2D eigenvalue weighted by Gasteiger charge is 2.28. The van der Waals surface area contributed by atoms with Crippen LogP contribution in [0.15, 0.2) is 30.5 Å². The quantitative estimate of drug-likeness (QED) is 0.942. The zero-order valence-corrected chi connectivity index (χ0v) is 12.7. The molecule has 4 heteroatoms. The number of para-hydroxylation sites is 1. The number of benzene rings is 1. The standard InChI is InChI=1S/C17H23N3O/c1-3-14-11-21-12(2)10-20(14)17-13(8-18)9-19-16-7-5-4-6-15(16)17/h4-7,9,12,14H,3,8,10-11,18H2,1-2H3. The molecule has 2 aromatic rings. The van der Waals surface area contributed by atoms with Crippen molar-refractivity contribution >= 4 is 16.6 Å². The van der Waals surface area contributed by atoms with Crippen LogP contribution in [0.25, 0.3) is 10.9 Å². The monoisotopic (exact) mass is 285 g/mol. The van der Waals surface area contributed by atoms with Gasteiger partial charge in [0.2, 0.25) is 0 Å². The van der Waals surface area contributed by atoms with Gasteiger partial charge in [-0.15, -0.1) is 0 Å². The van der Waals surface area contributed by atoms with Crippen molar-refractivity contribution in [2.24, 2.45) is 5.73 Å². The number of aromatic nitrogens is 1. The van der Waals surface area contributed by atoms with Gasteiger partial charge in [0, 0.05) is 30.2 Å². The number of pyridine rings is 1. The van der Waals surface area contributed by atoms with Gasteiger partial charge in [0.1, 0.15) is 0 Å². The fourth-order valence-corrected chi connectivity index (χ4v) is 3.11. The molecular weight excluding hydrogens is 262 g/mol. The van der Waals surface area contributed by atoms with E-state index in [4.69, 9.17) is 10.5 Å². The summed E-state index contributed by atoms with van der Waals surface area (Å²) < 4.78 is 5.83. The Labute approximate surface area is 125 Å². The van der Waals surface area contributed by atoms with Gasteiger partial charge in [-0.3, -0.25) is 4.98 Å². The minimum atomic E-state index is 0.241. The second kappa shape index (κ2) is 6.00. The SMILES string of the molecule is CCC1COC(C)CN1c1c(CN)cnc2ccccc12. The second-order valence-corrected chi connectivity index (χ2v) is 5.71. The van der Waals surface area contributed by atoms with E-state index < -0.39 is 0 Å². The predicted molar refractivity (Wildman–Crippen MR) is 86.5 cm³/mol. The molecule has 3 rings (SSSR count). The number of morpholine rings is 1. The van der Waals surface area contributed by atoms with Gasteiger partial charge < -0.3 is 15.4 Å². The summed E-state index contributed by atoms with van der Waals surface area (Å²) in [5.74, 6) is 0. The number of nitrogens with zero attached hydrogens (tertiary/aromatic N) is 2. The normalized spacial score (nSPS) is 22.7. The summed E-state index contributed by atoms with van der Waals surface area (Å²) in [6.07, 6.45) is 3.23. The van der Waals surface area contributed by atoms with Crippen molar-refractivity contribution in [2.75, 3.05) is 18.1 Å². The Balaban J connectivity index is 2.16. The van der Waals surface area contributed by atoms with Crippen LogP contribution < -0.4 is 10.6 Å². The first kappa shape index (κ1) is 14.3. The molecule has 0 amide bonds. The molecule has 0 aliphatic carbocycles. The van der Waals surface area contributed by atoms with Gasteiger partial charge >= 0.3 is 0 Å². The van der Waals surface area contributed by atoms with E-state index in [9.17, 15) is 0 Å². The molecule has 1 aliphatic rings. The summed E-state index contributed by atoms with van der Waals surface area (Å²) >= 11 is 0. The van der Waals surface area contributed by atoms with E-state index in [1.807, 2.05) is 12.3 Å². The van der Waals surface area contributed by atoms with Gasteiger partial charge in [-0.25, -0.2) is 0 Å². The molecule has 1 aromatic heterocycles. The van der Waals surface area contributed by atoms with E-state index in [-0.39, 0.29) is 6.10 Å². The summed E-state index contributed by atoms with van der Waals surface area (Å²) in [6, 6.07) is 8.70. The molecule has 1 aromatic carbocycles. The van der Waals surface area contributed by atoms with Crippen molar-refractivity contribution in [3.8, 4) is 0 Å². The lowest BCUT2D eigenvalue weighted by Gasteiger charge is -2.41. The summed E-state index contributed by atoms with van der Waals surface area (Å²) in [5, 5.41) is 1.19. The van der Waals surface area contributed by atoms with Crippen LogP contribution in [0, 0.1) is 0 Å². The fraction of sp³-hybridized carbons (Fsp3) is 0.471. The van der Waals surface area contributed by atoms with Crippen LogP contribution in [0.1, 0.15) is 25.8 Å². The van der Waals surface area contributed by atoms with E-state index in [1.54, 1.807) is 0 Å². The molecular formula is C17H23N3O. The Morgan fingerprint density at radius 3 is 2.95 bits per heavy atom. The molecule has 1 saturated heterocycles. The highest BCUT2D eigenvalue weighted by molar-refractivity contribution is 5.93. The molecule has 0 bridgehead atoms. The van der Waals surface area contributed by atoms with Crippen LogP contribution in [0.3, 0.4) is 0 Å². The van der Waals surface area contributed by atoms with Crippen LogP contribution in [-0.2, 0) is 11.3 Å². The Hall–Kier alpha value is -1.65. The van der Waals surface area contributed by atoms with Crippen LogP contribution in [0.4, 0.5) is 5.69 Å². The minimum Gasteiger partial charge on any atom is -0.375 e. The maximum Gasteiger partial charge on any atom is 0.0723 e. The van der Waals surface area contributed by atoms with Crippen molar-refractivity contribution in [3.05, 3.63) is 36.0 Å². The van der Waals surface area contributed by atoms with Gasteiger partial charge in [-0.05, 0) is 19.4 Å². The molecule has 0 radical (unpaired) electrons. The molecule has 112 valence electrons. The zero-order valence-electron chi connectivity index (χ0n) is 12.7. The first-order valence-corrected chi connectivity index (χ1v) is 7.69. The summed E-state index contributed by atoms with van der Waals surface area (Å²) in [4.78, 5) is 7.01. The number of hydrogen-bond acceptors (Lipinski definition) is 4. The second-order valence-electron chi connectivity index (χ2n) is 5.71. The summed E-state index contributed by atoms with van der Waals surface area (Å²) in [6.45, 7) is 6.53. The summed E-state index contributed by atoms with van der Waals surface area (Å²) in [5.41, 5.74) is 9.35. The molecule has 21 heavy (non-hydrogen) atoms. The first-order chi connectivity index (χ1) is 10.2. The topological polar surface area (TPSA) is 51.4 Å². The Morgan fingerprint density at radius 1 is 1.38 bits per heavy atom. The van der Waals surface area contributed by atoms with Gasteiger partial charge in [-0.1, -0.05) is 25.1 Å². The van der Waals surface area contributed by atoms with E-state index in [0.29, 0.717) is 12.6 Å². The van der Waals surface area contributed by atoms with Crippen LogP contribution in [-0.4, -0.2) is 30.3 Å². The molecule has 4 nitrogen and oxygen atoms in total. The fourth-order valence-electron chi connectivity index (χ4n) is 3.11. The lowest BCUT2D eigenvalue weighted by atomic mass is 10.0. The van der Waals surface area contributed by atoms with Gasteiger partial charge in [-0.2, -0.15) is 0 Å². The predicted octanol–water partition coefficient (Wildman–Crippen LogP) is 2.70. The molecule has 2 N–H and O–H groups in total. The molecule has 2 heterocycles. The maximum atomic E-state index is 5.97. The average Bonchev–Trinajstić information content (AvgIpc) is 2.53. The Bertz CT molecular complexity index is 628. The smallest absolute Gasteiger partial charge is 0.0723 e. The van der Waals surface area contributed by atoms with Crippen molar-refractivity contribution < 1.29 is 4.74 Å². The van der Waals surface area contributed by atoms with E-state index in [0.717, 1.165) is 30.7 Å². The highest BCUT2D eigenvalue weighted by Crippen LogP contribution is 2.33. The van der Waals surface area contributed by atoms with Gasteiger partial charge in [0.05, 0.1) is 30.0 Å². The number of rotatable bonds is 3. The van der Waals surface area contributed by atoms with E-state index in [2.05, 4.69) is 41.9 Å². The summed E-state index contributed by atoms with van der Waals surface area (Å²) in [7, 11) is 0. The molecule has 2 atom stereocenters. The minimum absolute atomic E-state index is 0.241. The van der Waals surface area contributed by atoms with Crippen molar-refractivity contribution in [2.45, 2.75) is 39.0 Å². The third-order valence-corrected chi connectivity index (χ3v) is 4.27. The molecule has 0 spiro atoms. The van der Waals surface area contributed by atoms with Crippen LogP contribution in [0.5, 0.6) is 0 Å². The number of hydrogen-bond donors (Lipinski definition) is 1. The molecule has 0 saturated carbocycles. The number of fused-ring (bicyclic) bond motifs is 1. The average molecular weight is 285 g/mol. The largest absolute Gasteiger partial charge is 0.375 e. The van der Waals surface area contributed by atoms with Crippen molar-refractivity contribution in [1.29, 1.82) is 0 Å². The number of anilines is 1. The van der Waals surface area contributed by atoms with Gasteiger partial charge in [0.15, 0.2) is 0 Å². The van der Waals surface area contributed by atoms with Gasteiger partial charge in [0.25, 0.3) is 0 Å². The number of nitrogens with two attached hydrogens (primary N) is 1. The lowest BCUT2D eigenvalue weighted by Crippen LogP contribution is -2.49. The molecule has 1 fully saturated rings. The van der Waals surface area contributed by atoms with Crippen molar-refractivity contribution in [1.82, 2.24) is 4.98 Å². The Morgan fingerprint density at radius 2 is 2.19 bits per heavy atom. The maximum absolute atomic E-state index is 5.97. The highest BCUT2D eigenvalue weighted by atomic mass is 16.5. The van der Waals surface area contributed by atoms with Crippen LogP contribution >= 0.6 is 0 Å².